The second-order valence-corrected chi connectivity index (χ2v) is 5.58. The van der Waals surface area contributed by atoms with E-state index >= 15 is 0 Å². The van der Waals surface area contributed by atoms with Gasteiger partial charge in [0, 0.05) is 16.6 Å². The van der Waals surface area contributed by atoms with Crippen LogP contribution in [0.5, 0.6) is 0 Å². The van der Waals surface area contributed by atoms with Crippen LogP contribution in [0.4, 0.5) is 0 Å². The van der Waals surface area contributed by atoms with E-state index in [1.807, 2.05) is 12.1 Å². The summed E-state index contributed by atoms with van der Waals surface area (Å²) < 4.78 is 0. The lowest BCUT2D eigenvalue weighted by molar-refractivity contribution is 0.124. The zero-order valence-electron chi connectivity index (χ0n) is 11.3. The van der Waals surface area contributed by atoms with Crippen molar-refractivity contribution in [1.29, 1.82) is 0 Å². The highest BCUT2D eigenvalue weighted by Crippen LogP contribution is 2.30. The van der Waals surface area contributed by atoms with Crippen LogP contribution in [0.1, 0.15) is 23.3 Å². The summed E-state index contributed by atoms with van der Waals surface area (Å²) in [5, 5.41) is 24.0. The van der Waals surface area contributed by atoms with Crippen molar-refractivity contribution < 1.29 is 10.2 Å². The maximum Gasteiger partial charge on any atom is 0.0984 e. The van der Waals surface area contributed by atoms with Crippen LogP contribution in [0.3, 0.4) is 0 Å². The molecule has 0 amide bonds. The van der Waals surface area contributed by atoms with Crippen molar-refractivity contribution in [3.8, 4) is 0 Å². The number of halogens is 2. The number of aliphatic hydroxyl groups is 2. The summed E-state index contributed by atoms with van der Waals surface area (Å²) in [7, 11) is 0. The lowest BCUT2D eigenvalue weighted by atomic mass is 9.96. The predicted octanol–water partition coefficient (Wildman–Crippen LogP) is 3.35. The molecule has 2 rings (SSSR count). The Kier molecular flexibility index (Phi) is 6.03. The maximum absolute atomic E-state index is 10.6. The van der Waals surface area contributed by atoms with Gasteiger partial charge in [-0.3, -0.25) is 0 Å². The molecule has 0 fully saturated rings. The number of hydrogen-bond acceptors (Lipinski definition) is 3. The van der Waals surface area contributed by atoms with E-state index in [-0.39, 0.29) is 12.6 Å². The number of aliphatic hydroxyl groups excluding tert-OH is 2. The molecular formula is C16H17Cl2NO2. The molecule has 0 aliphatic carbocycles. The number of benzene rings is 2. The summed E-state index contributed by atoms with van der Waals surface area (Å²) in [6.07, 6.45) is -0.755. The summed E-state index contributed by atoms with van der Waals surface area (Å²) in [5.41, 5.74) is 1.65. The van der Waals surface area contributed by atoms with Crippen molar-refractivity contribution in [1.82, 2.24) is 5.32 Å². The molecule has 2 aromatic carbocycles. The molecule has 3 nitrogen and oxygen atoms in total. The van der Waals surface area contributed by atoms with Crippen molar-refractivity contribution in [2.24, 2.45) is 0 Å². The van der Waals surface area contributed by atoms with Crippen LogP contribution in [0.25, 0.3) is 0 Å². The van der Waals surface area contributed by atoms with Gasteiger partial charge >= 0.3 is 0 Å². The van der Waals surface area contributed by atoms with Crippen molar-refractivity contribution in [2.45, 2.75) is 12.1 Å². The first kappa shape index (κ1) is 16.3. The van der Waals surface area contributed by atoms with Gasteiger partial charge in [0.25, 0.3) is 0 Å². The Morgan fingerprint density at radius 1 is 0.857 bits per heavy atom. The highest BCUT2D eigenvalue weighted by atomic mass is 35.5. The van der Waals surface area contributed by atoms with Crippen molar-refractivity contribution >= 4 is 23.2 Å². The van der Waals surface area contributed by atoms with Gasteiger partial charge in [0.2, 0.25) is 0 Å². The van der Waals surface area contributed by atoms with Crippen LogP contribution in [0.2, 0.25) is 10.0 Å². The molecular weight excluding hydrogens is 309 g/mol. The van der Waals surface area contributed by atoms with Gasteiger partial charge < -0.3 is 15.5 Å². The molecule has 0 spiro atoms. The third kappa shape index (κ3) is 4.43. The second-order valence-electron chi connectivity index (χ2n) is 4.70. The second kappa shape index (κ2) is 7.78. The quantitative estimate of drug-likeness (QED) is 0.763. The minimum atomic E-state index is -0.755. The fourth-order valence-corrected chi connectivity index (χ4v) is 2.41. The Morgan fingerprint density at radius 3 is 1.81 bits per heavy atom. The van der Waals surface area contributed by atoms with E-state index in [2.05, 4.69) is 5.32 Å². The van der Waals surface area contributed by atoms with E-state index < -0.39 is 6.10 Å². The van der Waals surface area contributed by atoms with E-state index in [4.69, 9.17) is 28.3 Å². The maximum atomic E-state index is 10.6. The highest BCUT2D eigenvalue weighted by molar-refractivity contribution is 6.30. The Labute approximate surface area is 134 Å². The lowest BCUT2D eigenvalue weighted by Gasteiger charge is -2.25. The van der Waals surface area contributed by atoms with Crippen LogP contribution in [-0.2, 0) is 0 Å². The molecule has 0 bridgehead atoms. The van der Waals surface area contributed by atoms with E-state index in [0.29, 0.717) is 16.6 Å². The Morgan fingerprint density at radius 2 is 1.33 bits per heavy atom. The molecule has 0 radical (unpaired) electrons. The van der Waals surface area contributed by atoms with E-state index in [1.165, 1.54) is 0 Å². The van der Waals surface area contributed by atoms with Crippen molar-refractivity contribution in [3.63, 3.8) is 0 Å². The summed E-state index contributed by atoms with van der Waals surface area (Å²) in [6.45, 7) is 0.384. The minimum absolute atomic E-state index is 0.00255. The fourth-order valence-electron chi connectivity index (χ4n) is 2.15. The molecule has 0 saturated carbocycles. The van der Waals surface area contributed by atoms with Gasteiger partial charge in [-0.2, -0.15) is 0 Å². The van der Waals surface area contributed by atoms with Gasteiger partial charge in [-0.25, -0.2) is 0 Å². The molecule has 112 valence electrons. The molecule has 0 aromatic heterocycles. The third-order valence-electron chi connectivity index (χ3n) is 3.23. The summed E-state index contributed by atoms with van der Waals surface area (Å²) in [6, 6.07) is 14.0. The Hall–Kier alpha value is -1.10. The first-order chi connectivity index (χ1) is 10.1. The lowest BCUT2D eigenvalue weighted by Crippen LogP contribution is -2.29. The van der Waals surface area contributed by atoms with Gasteiger partial charge in [0.1, 0.15) is 0 Å². The molecule has 0 aliphatic heterocycles. The Balaban J connectivity index is 2.26. The minimum Gasteiger partial charge on any atom is -0.395 e. The Bertz CT molecular complexity index is 557. The fraction of sp³-hybridized carbons (Fsp3) is 0.250. The summed E-state index contributed by atoms with van der Waals surface area (Å²) in [4.78, 5) is 0. The van der Waals surface area contributed by atoms with E-state index in [1.54, 1.807) is 36.4 Å². The number of nitrogens with one attached hydrogen (secondary N) is 1. The van der Waals surface area contributed by atoms with Gasteiger partial charge in [0.05, 0.1) is 18.8 Å². The molecule has 21 heavy (non-hydrogen) atoms. The topological polar surface area (TPSA) is 52.5 Å². The van der Waals surface area contributed by atoms with E-state index in [9.17, 15) is 5.11 Å². The average Bonchev–Trinajstić information content (AvgIpc) is 2.50. The number of hydrogen-bond donors (Lipinski definition) is 3. The monoisotopic (exact) mass is 325 g/mol. The van der Waals surface area contributed by atoms with Crippen molar-refractivity contribution in [3.05, 3.63) is 69.7 Å². The van der Waals surface area contributed by atoms with Crippen LogP contribution in [0, 0.1) is 0 Å². The normalized spacial score (nSPS) is 13.9. The first-order valence-corrected chi connectivity index (χ1v) is 7.40. The average molecular weight is 326 g/mol. The molecule has 5 heteroatoms. The van der Waals surface area contributed by atoms with Crippen molar-refractivity contribution in [2.75, 3.05) is 13.2 Å². The van der Waals surface area contributed by atoms with Crippen LogP contribution >= 0.6 is 23.2 Å². The predicted molar refractivity (Wildman–Crippen MR) is 85.7 cm³/mol. The first-order valence-electron chi connectivity index (χ1n) is 6.65. The van der Waals surface area contributed by atoms with Gasteiger partial charge in [-0.15, -0.1) is 0 Å². The standard InChI is InChI=1S/C16H17Cl2NO2/c17-13-5-1-11(2-6-13)15(19-9-10-20)16(21)12-3-7-14(18)8-4-12/h1-8,15-16,19-21H,9-10H2/t15-,16-/m0/s1. The van der Waals surface area contributed by atoms with Crippen LogP contribution in [-0.4, -0.2) is 23.4 Å². The van der Waals surface area contributed by atoms with Gasteiger partial charge in [-0.05, 0) is 35.4 Å². The smallest absolute Gasteiger partial charge is 0.0984 e. The van der Waals surface area contributed by atoms with Crippen LogP contribution < -0.4 is 5.32 Å². The molecule has 3 N–H and O–H groups in total. The highest BCUT2D eigenvalue weighted by Gasteiger charge is 2.22. The van der Waals surface area contributed by atoms with Gasteiger partial charge in [-0.1, -0.05) is 47.5 Å². The molecule has 0 saturated heterocycles. The molecule has 0 unspecified atom stereocenters. The zero-order chi connectivity index (χ0) is 15.2. The molecule has 2 aromatic rings. The molecule has 2 atom stereocenters. The van der Waals surface area contributed by atoms with Crippen LogP contribution in [0.15, 0.2) is 48.5 Å². The van der Waals surface area contributed by atoms with Gasteiger partial charge in [0.15, 0.2) is 0 Å². The third-order valence-corrected chi connectivity index (χ3v) is 3.74. The largest absolute Gasteiger partial charge is 0.395 e. The zero-order valence-corrected chi connectivity index (χ0v) is 12.8. The van der Waals surface area contributed by atoms with E-state index in [0.717, 1.165) is 11.1 Å². The molecule has 0 aliphatic rings. The summed E-state index contributed by atoms with van der Waals surface area (Å²) >= 11 is 11.8. The molecule has 0 heterocycles. The number of rotatable bonds is 6. The summed E-state index contributed by atoms with van der Waals surface area (Å²) in [5.74, 6) is 0. The SMILES string of the molecule is OCCN[C@@H](c1ccc(Cl)cc1)[C@@H](O)c1ccc(Cl)cc1.